The van der Waals surface area contributed by atoms with E-state index >= 15 is 0 Å². The maximum atomic E-state index is 12.6. The Morgan fingerprint density at radius 2 is 1.70 bits per heavy atom. The van der Waals surface area contributed by atoms with E-state index in [1.165, 1.54) is 4.88 Å². The monoisotopic (exact) mass is 464 g/mol. The van der Waals surface area contributed by atoms with Crippen molar-refractivity contribution in [1.82, 2.24) is 9.47 Å². The topological polar surface area (TPSA) is 85.7 Å². The third kappa shape index (κ3) is 4.66. The number of ether oxygens (including phenoxy) is 1. The van der Waals surface area contributed by atoms with Gasteiger partial charge in [-0.05, 0) is 49.9 Å². The summed E-state index contributed by atoms with van der Waals surface area (Å²) in [5.74, 6) is -1.49. The number of nitrogens with zero attached hydrogens (tertiary/aromatic N) is 2. The second-order valence-electron chi connectivity index (χ2n) is 7.95. The van der Waals surface area contributed by atoms with Crippen LogP contribution in [0.1, 0.15) is 60.2 Å². The molecule has 0 aliphatic carbocycles. The largest absolute Gasteiger partial charge is 0.457 e. The van der Waals surface area contributed by atoms with Crippen LogP contribution in [0.3, 0.4) is 0 Å². The number of thiophene rings is 1. The molecule has 2 aromatic heterocycles. The number of aromatic nitrogens is 1. The van der Waals surface area contributed by atoms with E-state index in [1.54, 1.807) is 35.6 Å². The summed E-state index contributed by atoms with van der Waals surface area (Å²) in [7, 11) is 0. The van der Waals surface area contributed by atoms with Crippen LogP contribution in [0.25, 0.3) is 0 Å². The molecule has 0 saturated carbocycles. The minimum absolute atomic E-state index is 0.0120. The van der Waals surface area contributed by atoms with Gasteiger partial charge in [-0.25, -0.2) is 0 Å². The number of aryl methyl sites for hydroxylation is 1. The fraction of sp³-hybridized carbons (Fsp3) is 0.280. The number of carbonyl (C=O) groups is 4. The first-order valence-corrected chi connectivity index (χ1v) is 11.6. The molecule has 7 nitrogen and oxygen atoms in total. The number of hydrogen-bond acceptors (Lipinski definition) is 6. The third-order valence-electron chi connectivity index (χ3n) is 5.77. The van der Waals surface area contributed by atoms with E-state index < -0.39 is 5.97 Å². The van der Waals surface area contributed by atoms with Crippen molar-refractivity contribution < 1.29 is 23.9 Å². The molecule has 0 radical (unpaired) electrons. The number of imide groups is 1. The molecule has 0 unspecified atom stereocenters. The van der Waals surface area contributed by atoms with Gasteiger partial charge in [-0.1, -0.05) is 18.2 Å². The van der Waals surface area contributed by atoms with E-state index in [0.717, 1.165) is 16.3 Å². The van der Waals surface area contributed by atoms with Gasteiger partial charge < -0.3 is 9.30 Å². The van der Waals surface area contributed by atoms with Gasteiger partial charge in [0, 0.05) is 34.8 Å². The highest BCUT2D eigenvalue weighted by atomic mass is 32.1. The van der Waals surface area contributed by atoms with Gasteiger partial charge in [0.05, 0.1) is 17.7 Å². The first-order valence-electron chi connectivity index (χ1n) is 10.7. The van der Waals surface area contributed by atoms with Crippen LogP contribution in [-0.4, -0.2) is 46.2 Å². The SMILES string of the molecule is Cc1cc(C(=O)COC(=O)CCCN2C(=O)c3ccccc3C2=O)c(C)n1Cc1cccs1. The molecule has 8 heteroatoms. The summed E-state index contributed by atoms with van der Waals surface area (Å²) in [5, 5.41) is 2.02. The van der Waals surface area contributed by atoms with Gasteiger partial charge in [-0.15, -0.1) is 11.3 Å². The Bertz CT molecular complexity index is 1190. The van der Waals surface area contributed by atoms with Crippen LogP contribution < -0.4 is 0 Å². The maximum absolute atomic E-state index is 12.6. The Morgan fingerprint density at radius 1 is 1.00 bits per heavy atom. The van der Waals surface area contributed by atoms with Crippen LogP contribution in [0.15, 0.2) is 47.8 Å². The number of esters is 1. The zero-order valence-corrected chi connectivity index (χ0v) is 19.3. The fourth-order valence-electron chi connectivity index (χ4n) is 4.00. The van der Waals surface area contributed by atoms with Crippen LogP contribution in [0.4, 0.5) is 0 Å². The molecule has 1 aliphatic heterocycles. The molecule has 1 aromatic carbocycles. The van der Waals surface area contributed by atoms with Gasteiger partial charge in [0.2, 0.25) is 5.78 Å². The quantitative estimate of drug-likeness (QED) is 0.271. The van der Waals surface area contributed by atoms with E-state index in [-0.39, 0.29) is 43.6 Å². The Labute approximate surface area is 195 Å². The molecule has 4 rings (SSSR count). The van der Waals surface area contributed by atoms with Crippen LogP contribution in [-0.2, 0) is 16.1 Å². The summed E-state index contributed by atoms with van der Waals surface area (Å²) in [6, 6.07) is 12.5. The summed E-state index contributed by atoms with van der Waals surface area (Å²) in [4.78, 5) is 51.8. The first-order chi connectivity index (χ1) is 15.9. The molecule has 3 aromatic rings. The number of benzene rings is 1. The summed E-state index contributed by atoms with van der Waals surface area (Å²) < 4.78 is 7.24. The zero-order chi connectivity index (χ0) is 23.5. The van der Waals surface area contributed by atoms with Gasteiger partial charge in [0.25, 0.3) is 11.8 Å². The lowest BCUT2D eigenvalue weighted by Crippen LogP contribution is -2.31. The van der Waals surface area contributed by atoms with Crippen molar-refractivity contribution in [3.05, 3.63) is 80.8 Å². The predicted octanol–water partition coefficient (Wildman–Crippen LogP) is 4.02. The van der Waals surface area contributed by atoms with Crippen LogP contribution >= 0.6 is 11.3 Å². The van der Waals surface area contributed by atoms with Crippen molar-refractivity contribution >= 4 is 34.9 Å². The minimum Gasteiger partial charge on any atom is -0.457 e. The second kappa shape index (κ2) is 9.54. The highest BCUT2D eigenvalue weighted by molar-refractivity contribution is 7.09. The van der Waals surface area contributed by atoms with E-state index in [0.29, 0.717) is 23.2 Å². The average Bonchev–Trinajstić information content (AvgIpc) is 3.49. The molecular formula is C25H24N2O5S. The smallest absolute Gasteiger partial charge is 0.306 e. The van der Waals surface area contributed by atoms with Crippen molar-refractivity contribution in [3.63, 3.8) is 0 Å². The van der Waals surface area contributed by atoms with Crippen molar-refractivity contribution in [1.29, 1.82) is 0 Å². The van der Waals surface area contributed by atoms with Crippen LogP contribution in [0.2, 0.25) is 0 Å². The van der Waals surface area contributed by atoms with E-state index in [1.807, 2.05) is 31.4 Å². The normalized spacial score (nSPS) is 12.8. The average molecular weight is 465 g/mol. The van der Waals surface area contributed by atoms with Crippen molar-refractivity contribution in [3.8, 4) is 0 Å². The van der Waals surface area contributed by atoms with E-state index in [4.69, 9.17) is 4.74 Å². The molecule has 2 amide bonds. The summed E-state index contributed by atoms with van der Waals surface area (Å²) in [5.41, 5.74) is 3.12. The molecule has 170 valence electrons. The molecule has 0 fully saturated rings. The number of carbonyl (C=O) groups excluding carboxylic acids is 4. The Hall–Kier alpha value is -3.52. The number of ketones is 1. The van der Waals surface area contributed by atoms with Crippen LogP contribution in [0.5, 0.6) is 0 Å². The number of amides is 2. The van der Waals surface area contributed by atoms with Crippen LogP contribution in [0, 0.1) is 13.8 Å². The molecule has 0 spiro atoms. The second-order valence-corrected chi connectivity index (χ2v) is 8.98. The number of Topliss-reactive ketones (excluding diaryl/α,β-unsaturated/α-hetero) is 1. The highest BCUT2D eigenvalue weighted by Gasteiger charge is 2.34. The fourth-order valence-corrected chi connectivity index (χ4v) is 4.70. The number of hydrogen-bond donors (Lipinski definition) is 0. The highest BCUT2D eigenvalue weighted by Crippen LogP contribution is 2.23. The number of rotatable bonds is 9. The predicted molar refractivity (Wildman–Crippen MR) is 124 cm³/mol. The van der Waals surface area contributed by atoms with Gasteiger partial charge in [0.1, 0.15) is 0 Å². The first kappa shape index (κ1) is 22.7. The Kier molecular flexibility index (Phi) is 6.55. The standard InChI is InChI=1S/C25H24N2O5S/c1-16-13-21(17(2)27(16)14-18-7-6-12-33-18)22(28)15-32-23(29)10-5-11-26-24(30)19-8-3-4-9-20(19)25(26)31/h3-4,6-9,12-13H,5,10-11,14-15H2,1-2H3. The molecule has 3 heterocycles. The number of fused-ring (bicyclic) bond motifs is 1. The third-order valence-corrected chi connectivity index (χ3v) is 6.63. The molecule has 0 bridgehead atoms. The van der Waals surface area contributed by atoms with Crippen molar-refractivity contribution in [2.75, 3.05) is 13.2 Å². The van der Waals surface area contributed by atoms with Crippen molar-refractivity contribution in [2.45, 2.75) is 33.2 Å². The van der Waals surface area contributed by atoms with E-state index in [2.05, 4.69) is 10.6 Å². The van der Waals surface area contributed by atoms with Gasteiger partial charge >= 0.3 is 5.97 Å². The van der Waals surface area contributed by atoms with E-state index in [9.17, 15) is 19.2 Å². The lowest BCUT2D eigenvalue weighted by Gasteiger charge is -2.13. The molecular weight excluding hydrogens is 440 g/mol. The lowest BCUT2D eigenvalue weighted by atomic mass is 10.1. The van der Waals surface area contributed by atoms with Gasteiger partial charge in [-0.2, -0.15) is 0 Å². The maximum Gasteiger partial charge on any atom is 0.306 e. The molecule has 0 N–H and O–H groups in total. The minimum atomic E-state index is -0.535. The molecule has 33 heavy (non-hydrogen) atoms. The lowest BCUT2D eigenvalue weighted by molar-refractivity contribution is -0.142. The zero-order valence-electron chi connectivity index (χ0n) is 18.5. The summed E-state index contributed by atoms with van der Waals surface area (Å²) >= 11 is 1.66. The molecule has 0 saturated heterocycles. The summed E-state index contributed by atoms with van der Waals surface area (Å²) in [6.07, 6.45) is 0.284. The van der Waals surface area contributed by atoms with Gasteiger partial charge in [-0.3, -0.25) is 24.1 Å². The molecule has 0 atom stereocenters. The summed E-state index contributed by atoms with van der Waals surface area (Å²) in [6.45, 7) is 4.31. The van der Waals surface area contributed by atoms with Gasteiger partial charge in [0.15, 0.2) is 6.61 Å². The van der Waals surface area contributed by atoms with Crippen molar-refractivity contribution in [2.24, 2.45) is 0 Å². The Balaban J connectivity index is 1.26. The molecule has 1 aliphatic rings. The Morgan fingerprint density at radius 3 is 2.33 bits per heavy atom.